The predicted molar refractivity (Wildman–Crippen MR) is 82.7 cm³/mol. The summed E-state index contributed by atoms with van der Waals surface area (Å²) in [5.74, 6) is -0.479. The number of nitrogens with one attached hydrogen (secondary N) is 1. The van der Waals surface area contributed by atoms with Gasteiger partial charge in [-0.05, 0) is 33.8 Å². The summed E-state index contributed by atoms with van der Waals surface area (Å²) in [6.45, 7) is 7.29. The highest BCUT2D eigenvalue weighted by atomic mass is 79.9. The molecule has 1 N–H and O–H groups in total. The van der Waals surface area contributed by atoms with Crippen LogP contribution in [0.2, 0.25) is 0 Å². The summed E-state index contributed by atoms with van der Waals surface area (Å²) in [5.41, 5.74) is 0.625. The summed E-state index contributed by atoms with van der Waals surface area (Å²) in [6.07, 6.45) is 0.856. The van der Waals surface area contributed by atoms with Crippen molar-refractivity contribution in [2.75, 3.05) is 11.9 Å². The number of esters is 1. The van der Waals surface area contributed by atoms with E-state index in [2.05, 4.69) is 26.2 Å². The third kappa shape index (κ3) is 5.71. The minimum atomic E-state index is -0.606. The average Bonchev–Trinajstić information content (AvgIpc) is 2.36. The normalized spacial score (nSPS) is 10.9. The summed E-state index contributed by atoms with van der Waals surface area (Å²) >= 11 is 3.26. The Morgan fingerprint density at radius 1 is 1.38 bits per heavy atom. The molecule has 1 aromatic rings. The molecule has 1 amide bonds. The van der Waals surface area contributed by atoms with Crippen molar-refractivity contribution in [3.63, 3.8) is 0 Å². The lowest BCUT2D eigenvalue weighted by Gasteiger charge is -2.19. The van der Waals surface area contributed by atoms with Gasteiger partial charge in [-0.15, -0.1) is 0 Å². The number of hydrogen-bond donors (Lipinski definition) is 1. The lowest BCUT2D eigenvalue weighted by Crippen LogP contribution is -2.27. The largest absolute Gasteiger partial charge is 0.462 e. The molecule has 0 bridgehead atoms. The van der Waals surface area contributed by atoms with Gasteiger partial charge in [-0.25, -0.2) is 9.59 Å². The van der Waals surface area contributed by atoms with Crippen LogP contribution < -0.4 is 5.32 Å². The Hall–Kier alpha value is -1.63. The second-order valence-corrected chi connectivity index (χ2v) is 5.76. The Morgan fingerprint density at radius 2 is 2.05 bits per heavy atom. The van der Waals surface area contributed by atoms with Crippen LogP contribution in [-0.4, -0.2) is 29.3 Å². The third-order valence-corrected chi connectivity index (χ3v) is 2.77. The van der Waals surface area contributed by atoms with Crippen LogP contribution in [0, 0.1) is 0 Å². The van der Waals surface area contributed by atoms with E-state index in [9.17, 15) is 9.59 Å². The van der Waals surface area contributed by atoms with Gasteiger partial charge in [0.25, 0.3) is 0 Å². The molecular formula is C14H19BrN2O4. The lowest BCUT2D eigenvalue weighted by atomic mass is 10.2. The van der Waals surface area contributed by atoms with Gasteiger partial charge in [-0.3, -0.25) is 10.3 Å². The SMILES string of the molecule is CCOC(=O)c1cc(NC(=O)OC(C)(C)C)cnc1CBr. The maximum Gasteiger partial charge on any atom is 0.412 e. The van der Waals surface area contributed by atoms with E-state index in [0.29, 0.717) is 22.3 Å². The van der Waals surface area contributed by atoms with Gasteiger partial charge in [-0.2, -0.15) is 0 Å². The molecule has 0 spiro atoms. The predicted octanol–water partition coefficient (Wildman–Crippen LogP) is 3.50. The summed E-state index contributed by atoms with van der Waals surface area (Å²) in [7, 11) is 0. The van der Waals surface area contributed by atoms with E-state index in [0.717, 1.165) is 0 Å². The zero-order chi connectivity index (χ0) is 16.0. The molecule has 1 heterocycles. The molecule has 1 rings (SSSR count). The Morgan fingerprint density at radius 3 is 2.57 bits per heavy atom. The lowest BCUT2D eigenvalue weighted by molar-refractivity contribution is 0.0523. The summed E-state index contributed by atoms with van der Waals surface area (Å²) in [4.78, 5) is 27.7. The molecule has 0 saturated heterocycles. The summed E-state index contributed by atoms with van der Waals surface area (Å²) < 4.78 is 10.1. The van der Waals surface area contributed by atoms with Crippen molar-refractivity contribution >= 4 is 33.7 Å². The van der Waals surface area contributed by atoms with Crippen LogP contribution in [0.5, 0.6) is 0 Å². The monoisotopic (exact) mass is 358 g/mol. The van der Waals surface area contributed by atoms with Crippen molar-refractivity contribution in [3.8, 4) is 0 Å². The number of hydrogen-bond acceptors (Lipinski definition) is 5. The molecular weight excluding hydrogens is 340 g/mol. The molecule has 0 unspecified atom stereocenters. The van der Waals surface area contributed by atoms with Crippen LogP contribution in [0.4, 0.5) is 10.5 Å². The molecule has 6 nitrogen and oxygen atoms in total. The minimum absolute atomic E-state index is 0.268. The van der Waals surface area contributed by atoms with Crippen molar-refractivity contribution in [2.24, 2.45) is 0 Å². The highest BCUT2D eigenvalue weighted by molar-refractivity contribution is 9.08. The van der Waals surface area contributed by atoms with Gasteiger partial charge < -0.3 is 9.47 Å². The molecule has 0 radical (unpaired) electrons. The fraction of sp³-hybridized carbons (Fsp3) is 0.500. The molecule has 1 aromatic heterocycles. The Bertz CT molecular complexity index is 526. The molecule has 116 valence electrons. The Balaban J connectivity index is 2.92. The first-order valence-electron chi connectivity index (χ1n) is 6.49. The average molecular weight is 359 g/mol. The number of nitrogens with zero attached hydrogens (tertiary/aromatic N) is 1. The fourth-order valence-electron chi connectivity index (χ4n) is 1.47. The third-order valence-electron chi connectivity index (χ3n) is 2.24. The number of amides is 1. The van der Waals surface area contributed by atoms with Gasteiger partial charge in [0.15, 0.2) is 0 Å². The number of ether oxygens (including phenoxy) is 2. The van der Waals surface area contributed by atoms with E-state index in [-0.39, 0.29) is 6.61 Å². The molecule has 21 heavy (non-hydrogen) atoms. The van der Waals surface area contributed by atoms with E-state index in [4.69, 9.17) is 9.47 Å². The second-order valence-electron chi connectivity index (χ2n) is 5.20. The number of aromatic nitrogens is 1. The van der Waals surface area contributed by atoms with Gasteiger partial charge in [0, 0.05) is 5.33 Å². The number of anilines is 1. The molecule has 0 aliphatic carbocycles. The smallest absolute Gasteiger partial charge is 0.412 e. The van der Waals surface area contributed by atoms with E-state index in [1.807, 2.05) is 0 Å². The van der Waals surface area contributed by atoms with Crippen molar-refractivity contribution in [3.05, 3.63) is 23.5 Å². The Kier molecular flexibility index (Phi) is 6.14. The van der Waals surface area contributed by atoms with E-state index >= 15 is 0 Å². The standard InChI is InChI=1S/C14H19BrN2O4/c1-5-20-12(18)10-6-9(8-16-11(10)7-15)17-13(19)21-14(2,3)4/h6,8H,5,7H2,1-4H3,(H,17,19). The van der Waals surface area contributed by atoms with Gasteiger partial charge in [0.2, 0.25) is 0 Å². The van der Waals surface area contributed by atoms with Crippen LogP contribution in [0.1, 0.15) is 43.7 Å². The number of halogens is 1. The number of rotatable bonds is 4. The van der Waals surface area contributed by atoms with Gasteiger partial charge in [0.05, 0.1) is 29.7 Å². The highest BCUT2D eigenvalue weighted by Crippen LogP contribution is 2.18. The van der Waals surface area contributed by atoms with Crippen molar-refractivity contribution < 1.29 is 19.1 Å². The second kappa shape index (κ2) is 7.40. The van der Waals surface area contributed by atoms with E-state index < -0.39 is 17.7 Å². The molecule has 0 atom stereocenters. The number of alkyl halides is 1. The van der Waals surface area contributed by atoms with Crippen LogP contribution in [-0.2, 0) is 14.8 Å². The molecule has 0 saturated carbocycles. The summed E-state index contributed by atoms with van der Waals surface area (Å²) in [5, 5.41) is 2.95. The molecule has 0 aromatic carbocycles. The first-order chi connectivity index (χ1) is 9.76. The van der Waals surface area contributed by atoms with Crippen molar-refractivity contribution in [1.29, 1.82) is 0 Å². The number of pyridine rings is 1. The number of carbonyl (C=O) groups is 2. The molecule has 7 heteroatoms. The van der Waals surface area contributed by atoms with Gasteiger partial charge in [-0.1, -0.05) is 15.9 Å². The first kappa shape index (κ1) is 17.4. The zero-order valence-corrected chi connectivity index (χ0v) is 14.1. The van der Waals surface area contributed by atoms with Gasteiger partial charge >= 0.3 is 12.1 Å². The number of carbonyl (C=O) groups excluding carboxylic acids is 2. The van der Waals surface area contributed by atoms with Crippen molar-refractivity contribution in [2.45, 2.75) is 38.6 Å². The van der Waals surface area contributed by atoms with E-state index in [1.54, 1.807) is 27.7 Å². The van der Waals surface area contributed by atoms with E-state index in [1.165, 1.54) is 12.3 Å². The van der Waals surface area contributed by atoms with Crippen molar-refractivity contribution in [1.82, 2.24) is 4.98 Å². The van der Waals surface area contributed by atoms with Crippen LogP contribution >= 0.6 is 15.9 Å². The fourth-order valence-corrected chi connectivity index (χ4v) is 1.92. The topological polar surface area (TPSA) is 77.5 Å². The molecule has 0 aliphatic rings. The maximum absolute atomic E-state index is 11.9. The Labute approximate surface area is 132 Å². The minimum Gasteiger partial charge on any atom is -0.462 e. The van der Waals surface area contributed by atoms with Crippen LogP contribution in [0.25, 0.3) is 0 Å². The van der Waals surface area contributed by atoms with Crippen LogP contribution in [0.15, 0.2) is 12.3 Å². The first-order valence-corrected chi connectivity index (χ1v) is 7.61. The molecule has 0 fully saturated rings. The van der Waals surface area contributed by atoms with Gasteiger partial charge in [0.1, 0.15) is 5.60 Å². The maximum atomic E-state index is 11.9. The zero-order valence-electron chi connectivity index (χ0n) is 12.5. The highest BCUT2D eigenvalue weighted by Gasteiger charge is 2.18. The van der Waals surface area contributed by atoms with Crippen LogP contribution in [0.3, 0.4) is 0 Å². The molecule has 0 aliphatic heterocycles. The quantitative estimate of drug-likeness (QED) is 0.658. The summed E-state index contributed by atoms with van der Waals surface area (Å²) in [6, 6.07) is 1.52.